The first-order valence-electron chi connectivity index (χ1n) is 8.19. The van der Waals surface area contributed by atoms with Crippen LogP contribution in [0.5, 0.6) is 0 Å². The molecule has 0 aromatic carbocycles. The Kier molecular flexibility index (Phi) is 3.17. The van der Waals surface area contributed by atoms with Gasteiger partial charge >= 0.3 is 0 Å². The fraction of sp³-hybridized carbons (Fsp3) is 0.368. The molecule has 5 heteroatoms. The first-order valence-corrected chi connectivity index (χ1v) is 8.19. The minimum atomic E-state index is -0.494. The van der Waals surface area contributed by atoms with Crippen molar-refractivity contribution in [1.82, 2.24) is 19.7 Å². The zero-order valence-corrected chi connectivity index (χ0v) is 14.2. The third-order valence-electron chi connectivity index (χ3n) is 5.32. The molecule has 5 nitrogen and oxygen atoms in total. The van der Waals surface area contributed by atoms with E-state index in [-0.39, 0.29) is 0 Å². The van der Waals surface area contributed by atoms with E-state index in [0.29, 0.717) is 6.42 Å². The SMILES string of the molecule is Cc1nn(C)c2nc3c(c(C)c12)CC(C#N)(c1ccncc1)CC3. The van der Waals surface area contributed by atoms with Crippen LogP contribution < -0.4 is 0 Å². The van der Waals surface area contributed by atoms with Crippen LogP contribution >= 0.6 is 0 Å². The van der Waals surface area contributed by atoms with Crippen molar-refractivity contribution in [3.8, 4) is 6.07 Å². The van der Waals surface area contributed by atoms with Crippen LogP contribution in [0.3, 0.4) is 0 Å². The summed E-state index contributed by atoms with van der Waals surface area (Å²) >= 11 is 0. The molecule has 1 aliphatic carbocycles. The monoisotopic (exact) mass is 317 g/mol. The van der Waals surface area contributed by atoms with Crippen molar-refractivity contribution in [1.29, 1.82) is 5.26 Å². The molecule has 1 atom stereocenters. The van der Waals surface area contributed by atoms with Gasteiger partial charge in [-0.3, -0.25) is 9.67 Å². The van der Waals surface area contributed by atoms with E-state index in [1.807, 2.05) is 30.8 Å². The summed E-state index contributed by atoms with van der Waals surface area (Å²) in [4.78, 5) is 8.96. The van der Waals surface area contributed by atoms with Gasteiger partial charge < -0.3 is 0 Å². The number of aryl methyl sites for hydroxylation is 4. The third-order valence-corrected chi connectivity index (χ3v) is 5.32. The highest BCUT2D eigenvalue weighted by Gasteiger charge is 2.38. The van der Waals surface area contributed by atoms with Crippen LogP contribution in [0.4, 0.5) is 0 Å². The topological polar surface area (TPSA) is 67.4 Å². The first-order chi connectivity index (χ1) is 11.6. The van der Waals surface area contributed by atoms with Gasteiger partial charge in [-0.15, -0.1) is 0 Å². The standard InChI is InChI=1S/C19H19N5/c1-12-15-10-19(11-20,14-5-8-21-9-6-14)7-4-16(15)22-18-17(12)13(2)23-24(18)3/h5-6,8-9H,4,7,10H2,1-3H3. The normalized spacial score (nSPS) is 19.9. The molecule has 0 spiro atoms. The molecule has 24 heavy (non-hydrogen) atoms. The molecule has 0 fully saturated rings. The molecule has 4 rings (SSSR count). The van der Waals surface area contributed by atoms with Gasteiger partial charge in [0.25, 0.3) is 0 Å². The van der Waals surface area contributed by atoms with E-state index in [9.17, 15) is 5.26 Å². The van der Waals surface area contributed by atoms with Crippen LogP contribution in [0.15, 0.2) is 24.5 Å². The Morgan fingerprint density at radius 2 is 2.00 bits per heavy atom. The number of nitrogens with zero attached hydrogens (tertiary/aromatic N) is 5. The molecule has 0 amide bonds. The molecule has 0 saturated heterocycles. The molecule has 0 bridgehead atoms. The van der Waals surface area contributed by atoms with Gasteiger partial charge in [0.05, 0.1) is 17.2 Å². The van der Waals surface area contributed by atoms with Crippen molar-refractivity contribution in [2.75, 3.05) is 0 Å². The van der Waals surface area contributed by atoms with Gasteiger partial charge in [-0.1, -0.05) is 0 Å². The lowest BCUT2D eigenvalue weighted by Crippen LogP contribution is -2.33. The highest BCUT2D eigenvalue weighted by Crippen LogP contribution is 2.40. The second-order valence-electron chi connectivity index (χ2n) is 6.68. The second-order valence-corrected chi connectivity index (χ2v) is 6.68. The number of hydrogen-bond donors (Lipinski definition) is 0. The minimum absolute atomic E-state index is 0.494. The van der Waals surface area contributed by atoms with E-state index >= 15 is 0 Å². The van der Waals surface area contributed by atoms with Gasteiger partial charge in [-0.05, 0) is 61.9 Å². The van der Waals surface area contributed by atoms with Crippen LogP contribution in [-0.2, 0) is 25.3 Å². The van der Waals surface area contributed by atoms with Crippen molar-refractivity contribution in [2.45, 2.75) is 38.5 Å². The van der Waals surface area contributed by atoms with Gasteiger partial charge in [0.1, 0.15) is 0 Å². The highest BCUT2D eigenvalue weighted by atomic mass is 15.3. The maximum atomic E-state index is 9.98. The van der Waals surface area contributed by atoms with E-state index in [0.717, 1.165) is 40.8 Å². The molecular weight excluding hydrogens is 298 g/mol. The largest absolute Gasteiger partial charge is 0.265 e. The molecule has 3 heterocycles. The molecular formula is C19H19N5. The van der Waals surface area contributed by atoms with Gasteiger partial charge in [0.15, 0.2) is 5.65 Å². The fourth-order valence-electron chi connectivity index (χ4n) is 4.02. The van der Waals surface area contributed by atoms with Crippen LogP contribution in [0.2, 0.25) is 0 Å². The maximum absolute atomic E-state index is 9.98. The third kappa shape index (κ3) is 1.96. The lowest BCUT2D eigenvalue weighted by atomic mass is 9.69. The molecule has 1 aliphatic rings. The zero-order chi connectivity index (χ0) is 16.9. The van der Waals surface area contributed by atoms with Gasteiger partial charge in [-0.25, -0.2) is 4.98 Å². The van der Waals surface area contributed by atoms with Gasteiger partial charge in [0, 0.05) is 30.5 Å². The number of hydrogen-bond acceptors (Lipinski definition) is 4. The summed E-state index contributed by atoms with van der Waals surface area (Å²) in [5.74, 6) is 0. The van der Waals surface area contributed by atoms with Crippen molar-refractivity contribution < 1.29 is 0 Å². The summed E-state index contributed by atoms with van der Waals surface area (Å²) in [5, 5.41) is 15.6. The van der Waals surface area contributed by atoms with E-state index in [4.69, 9.17) is 4.98 Å². The number of nitriles is 1. The molecule has 1 unspecified atom stereocenters. The Morgan fingerprint density at radius 3 is 2.71 bits per heavy atom. The molecule has 120 valence electrons. The Morgan fingerprint density at radius 1 is 1.25 bits per heavy atom. The number of rotatable bonds is 1. The average molecular weight is 317 g/mol. The summed E-state index contributed by atoms with van der Waals surface area (Å²) in [5.41, 5.74) is 6.04. The summed E-state index contributed by atoms with van der Waals surface area (Å²) in [6.07, 6.45) is 5.83. The Balaban J connectivity index is 1.92. The van der Waals surface area contributed by atoms with Crippen molar-refractivity contribution in [3.63, 3.8) is 0 Å². The fourth-order valence-corrected chi connectivity index (χ4v) is 4.02. The Bertz CT molecular complexity index is 981. The summed E-state index contributed by atoms with van der Waals surface area (Å²) in [6, 6.07) is 6.52. The average Bonchev–Trinajstić information content (AvgIpc) is 2.90. The van der Waals surface area contributed by atoms with Crippen molar-refractivity contribution in [2.24, 2.45) is 7.05 Å². The molecule has 0 N–H and O–H groups in total. The van der Waals surface area contributed by atoms with Gasteiger partial charge in [0.2, 0.25) is 0 Å². The van der Waals surface area contributed by atoms with Crippen LogP contribution in [-0.4, -0.2) is 19.7 Å². The summed E-state index contributed by atoms with van der Waals surface area (Å²) < 4.78 is 1.85. The second kappa shape index (κ2) is 5.13. The molecule has 3 aromatic heterocycles. The van der Waals surface area contributed by atoms with E-state index in [2.05, 4.69) is 23.1 Å². The molecule has 0 saturated carbocycles. The smallest absolute Gasteiger partial charge is 0.158 e. The predicted octanol–water partition coefficient (Wildman–Crippen LogP) is 2.93. The van der Waals surface area contributed by atoms with Crippen LogP contribution in [0, 0.1) is 25.2 Å². The number of fused-ring (bicyclic) bond motifs is 2. The quantitative estimate of drug-likeness (QED) is 0.692. The lowest BCUT2D eigenvalue weighted by Gasteiger charge is -2.33. The van der Waals surface area contributed by atoms with E-state index < -0.39 is 5.41 Å². The van der Waals surface area contributed by atoms with Crippen LogP contribution in [0.1, 0.15) is 34.5 Å². The number of pyridine rings is 2. The predicted molar refractivity (Wildman–Crippen MR) is 91.5 cm³/mol. The minimum Gasteiger partial charge on any atom is -0.265 e. The molecule has 0 radical (unpaired) electrons. The summed E-state index contributed by atoms with van der Waals surface area (Å²) in [6.45, 7) is 4.16. The Hall–Kier alpha value is -2.74. The maximum Gasteiger partial charge on any atom is 0.158 e. The van der Waals surface area contributed by atoms with E-state index in [1.54, 1.807) is 12.4 Å². The zero-order valence-electron chi connectivity index (χ0n) is 14.2. The lowest BCUT2D eigenvalue weighted by molar-refractivity contribution is 0.465. The first kappa shape index (κ1) is 14.8. The van der Waals surface area contributed by atoms with Gasteiger partial charge in [-0.2, -0.15) is 10.4 Å². The number of aromatic nitrogens is 4. The highest BCUT2D eigenvalue weighted by molar-refractivity contribution is 5.83. The molecule has 3 aromatic rings. The summed E-state index contributed by atoms with van der Waals surface area (Å²) in [7, 11) is 1.94. The molecule has 0 aliphatic heterocycles. The van der Waals surface area contributed by atoms with Crippen molar-refractivity contribution in [3.05, 3.63) is 52.6 Å². The van der Waals surface area contributed by atoms with Crippen LogP contribution in [0.25, 0.3) is 11.0 Å². The van der Waals surface area contributed by atoms with Crippen molar-refractivity contribution >= 4 is 11.0 Å². The van der Waals surface area contributed by atoms with E-state index in [1.165, 1.54) is 11.1 Å². The Labute approximate surface area is 141 Å².